The van der Waals surface area contributed by atoms with Gasteiger partial charge in [0.15, 0.2) is 5.78 Å². The zero-order valence-electron chi connectivity index (χ0n) is 9.19. The third-order valence-corrected chi connectivity index (χ3v) is 3.01. The highest BCUT2D eigenvalue weighted by Gasteiger charge is 2.35. The Bertz CT molecular complexity index is 359. The molecule has 2 rings (SSSR count). The zero-order chi connectivity index (χ0) is 11.4. The molecule has 1 fully saturated rings. The lowest BCUT2D eigenvalue weighted by Crippen LogP contribution is -2.52. The SMILES string of the molecule is NC1(C(=O)Cc2ccccn2)CCOCC1. The highest BCUT2D eigenvalue weighted by Crippen LogP contribution is 2.20. The van der Waals surface area contributed by atoms with Crippen molar-refractivity contribution in [1.82, 2.24) is 4.98 Å². The monoisotopic (exact) mass is 220 g/mol. The first-order valence-corrected chi connectivity index (χ1v) is 5.50. The average molecular weight is 220 g/mol. The number of hydrogen-bond acceptors (Lipinski definition) is 4. The molecule has 0 radical (unpaired) electrons. The molecule has 0 amide bonds. The topological polar surface area (TPSA) is 65.2 Å². The second-order valence-corrected chi connectivity index (χ2v) is 4.19. The van der Waals surface area contributed by atoms with Crippen LogP contribution in [0.5, 0.6) is 0 Å². The van der Waals surface area contributed by atoms with Crippen LogP contribution in [0.4, 0.5) is 0 Å². The maximum absolute atomic E-state index is 12.1. The van der Waals surface area contributed by atoms with E-state index in [1.807, 2.05) is 18.2 Å². The second-order valence-electron chi connectivity index (χ2n) is 4.19. The predicted octanol–water partition coefficient (Wildman–Crippen LogP) is 0.701. The van der Waals surface area contributed by atoms with Gasteiger partial charge in [-0.3, -0.25) is 9.78 Å². The number of hydrogen-bond donors (Lipinski definition) is 1. The van der Waals surface area contributed by atoms with Gasteiger partial charge in [0.05, 0.1) is 12.0 Å². The summed E-state index contributed by atoms with van der Waals surface area (Å²) in [7, 11) is 0. The molecule has 0 aliphatic carbocycles. The Morgan fingerprint density at radius 2 is 2.19 bits per heavy atom. The maximum Gasteiger partial charge on any atom is 0.158 e. The Morgan fingerprint density at radius 1 is 1.44 bits per heavy atom. The van der Waals surface area contributed by atoms with Gasteiger partial charge in [0, 0.05) is 25.1 Å². The molecule has 0 saturated carbocycles. The Kier molecular flexibility index (Phi) is 3.31. The summed E-state index contributed by atoms with van der Waals surface area (Å²) in [6.45, 7) is 1.15. The highest BCUT2D eigenvalue weighted by atomic mass is 16.5. The molecule has 86 valence electrons. The van der Waals surface area contributed by atoms with E-state index in [0.29, 0.717) is 32.5 Å². The summed E-state index contributed by atoms with van der Waals surface area (Å²) in [5.74, 6) is 0.0644. The van der Waals surface area contributed by atoms with Gasteiger partial charge < -0.3 is 10.5 Å². The van der Waals surface area contributed by atoms with Crippen molar-refractivity contribution in [2.45, 2.75) is 24.8 Å². The van der Waals surface area contributed by atoms with Crippen molar-refractivity contribution in [2.24, 2.45) is 5.73 Å². The first-order chi connectivity index (χ1) is 7.71. The van der Waals surface area contributed by atoms with Crippen LogP contribution in [0.3, 0.4) is 0 Å². The Morgan fingerprint density at radius 3 is 2.81 bits per heavy atom. The van der Waals surface area contributed by atoms with E-state index in [-0.39, 0.29) is 5.78 Å². The Labute approximate surface area is 94.8 Å². The van der Waals surface area contributed by atoms with Crippen LogP contribution in [0.25, 0.3) is 0 Å². The minimum absolute atomic E-state index is 0.0644. The van der Waals surface area contributed by atoms with Gasteiger partial charge in [0.1, 0.15) is 0 Å². The van der Waals surface area contributed by atoms with Gasteiger partial charge in [-0.2, -0.15) is 0 Å². The van der Waals surface area contributed by atoms with E-state index in [1.165, 1.54) is 0 Å². The largest absolute Gasteiger partial charge is 0.381 e. The summed E-state index contributed by atoms with van der Waals surface area (Å²) >= 11 is 0. The Balaban J connectivity index is 2.02. The fourth-order valence-electron chi connectivity index (χ4n) is 1.86. The van der Waals surface area contributed by atoms with Gasteiger partial charge in [-0.25, -0.2) is 0 Å². The van der Waals surface area contributed by atoms with Crippen LogP contribution in [0, 0.1) is 0 Å². The van der Waals surface area contributed by atoms with Crippen molar-refractivity contribution in [2.75, 3.05) is 13.2 Å². The number of Topliss-reactive ketones (excluding diaryl/α,β-unsaturated/α-hetero) is 1. The summed E-state index contributed by atoms with van der Waals surface area (Å²) in [6, 6.07) is 5.56. The van der Waals surface area contributed by atoms with E-state index in [0.717, 1.165) is 5.69 Å². The van der Waals surface area contributed by atoms with Crippen LogP contribution in [-0.2, 0) is 16.0 Å². The molecule has 16 heavy (non-hydrogen) atoms. The predicted molar refractivity (Wildman–Crippen MR) is 59.9 cm³/mol. The number of aromatic nitrogens is 1. The van der Waals surface area contributed by atoms with Crippen LogP contribution in [0.2, 0.25) is 0 Å². The fraction of sp³-hybridized carbons (Fsp3) is 0.500. The molecule has 1 aliphatic heterocycles. The molecular weight excluding hydrogens is 204 g/mol. The van der Waals surface area contributed by atoms with Crippen molar-refractivity contribution in [3.05, 3.63) is 30.1 Å². The molecule has 2 heterocycles. The summed E-state index contributed by atoms with van der Waals surface area (Å²) in [6.07, 6.45) is 3.23. The number of ether oxygens (including phenoxy) is 1. The molecule has 4 nitrogen and oxygen atoms in total. The van der Waals surface area contributed by atoms with E-state index in [1.54, 1.807) is 6.20 Å². The van der Waals surface area contributed by atoms with Crippen molar-refractivity contribution in [3.8, 4) is 0 Å². The molecule has 0 aromatic carbocycles. The lowest BCUT2D eigenvalue weighted by atomic mass is 9.85. The molecule has 1 aromatic heterocycles. The van der Waals surface area contributed by atoms with Gasteiger partial charge in [-0.1, -0.05) is 6.07 Å². The molecule has 1 saturated heterocycles. The van der Waals surface area contributed by atoms with Gasteiger partial charge in [0.25, 0.3) is 0 Å². The fourth-order valence-corrected chi connectivity index (χ4v) is 1.86. The first kappa shape index (κ1) is 11.2. The molecule has 0 atom stereocenters. The van der Waals surface area contributed by atoms with E-state index in [4.69, 9.17) is 10.5 Å². The highest BCUT2D eigenvalue weighted by molar-refractivity contribution is 5.89. The number of pyridine rings is 1. The lowest BCUT2D eigenvalue weighted by molar-refractivity contribution is -0.126. The quantitative estimate of drug-likeness (QED) is 0.814. The molecule has 4 heteroatoms. The number of rotatable bonds is 3. The molecule has 1 aromatic rings. The third kappa shape index (κ3) is 2.46. The summed E-state index contributed by atoms with van der Waals surface area (Å²) in [5.41, 5.74) is 6.16. The molecule has 1 aliphatic rings. The number of ketones is 1. The minimum Gasteiger partial charge on any atom is -0.381 e. The number of carbonyl (C=O) groups excluding carboxylic acids is 1. The van der Waals surface area contributed by atoms with Crippen molar-refractivity contribution in [1.29, 1.82) is 0 Å². The van der Waals surface area contributed by atoms with E-state index in [9.17, 15) is 4.79 Å². The van der Waals surface area contributed by atoms with Gasteiger partial charge in [-0.15, -0.1) is 0 Å². The molecule has 0 spiro atoms. The molecule has 2 N–H and O–H groups in total. The van der Waals surface area contributed by atoms with Crippen LogP contribution in [0.1, 0.15) is 18.5 Å². The zero-order valence-corrected chi connectivity index (χ0v) is 9.19. The second kappa shape index (κ2) is 4.72. The van der Waals surface area contributed by atoms with Gasteiger partial charge in [-0.05, 0) is 25.0 Å². The van der Waals surface area contributed by atoms with Crippen LogP contribution >= 0.6 is 0 Å². The molecule has 0 unspecified atom stereocenters. The lowest BCUT2D eigenvalue weighted by Gasteiger charge is -2.31. The van der Waals surface area contributed by atoms with Gasteiger partial charge in [0.2, 0.25) is 0 Å². The van der Waals surface area contributed by atoms with Crippen molar-refractivity contribution < 1.29 is 9.53 Å². The first-order valence-electron chi connectivity index (χ1n) is 5.50. The normalized spacial score (nSPS) is 19.3. The van der Waals surface area contributed by atoms with Crippen molar-refractivity contribution >= 4 is 5.78 Å². The van der Waals surface area contributed by atoms with E-state index >= 15 is 0 Å². The smallest absolute Gasteiger partial charge is 0.158 e. The number of nitrogens with zero attached hydrogens (tertiary/aromatic N) is 1. The number of nitrogens with two attached hydrogens (primary N) is 1. The maximum atomic E-state index is 12.1. The third-order valence-electron chi connectivity index (χ3n) is 3.01. The van der Waals surface area contributed by atoms with Gasteiger partial charge >= 0.3 is 0 Å². The summed E-state index contributed by atoms with van der Waals surface area (Å²) in [4.78, 5) is 16.2. The average Bonchev–Trinajstić information content (AvgIpc) is 2.31. The van der Waals surface area contributed by atoms with Crippen LogP contribution in [-0.4, -0.2) is 29.5 Å². The number of carbonyl (C=O) groups is 1. The molecular formula is C12H16N2O2. The van der Waals surface area contributed by atoms with Crippen molar-refractivity contribution in [3.63, 3.8) is 0 Å². The minimum atomic E-state index is -0.713. The standard InChI is InChI=1S/C12H16N2O2/c13-12(4-7-16-8-5-12)11(15)9-10-3-1-2-6-14-10/h1-3,6H,4-5,7-9,13H2. The summed E-state index contributed by atoms with van der Waals surface area (Å²) in [5, 5.41) is 0. The molecule has 0 bridgehead atoms. The van der Waals surface area contributed by atoms with Crippen LogP contribution in [0.15, 0.2) is 24.4 Å². The summed E-state index contributed by atoms with van der Waals surface area (Å²) < 4.78 is 5.22. The van der Waals surface area contributed by atoms with E-state index < -0.39 is 5.54 Å². The Hall–Kier alpha value is -1.26. The van der Waals surface area contributed by atoms with Crippen LogP contribution < -0.4 is 5.73 Å². The van der Waals surface area contributed by atoms with E-state index in [2.05, 4.69) is 4.98 Å².